The maximum atomic E-state index is 11.8. The zero-order valence-corrected chi connectivity index (χ0v) is 13.2. The Labute approximate surface area is 128 Å². The lowest BCUT2D eigenvalue weighted by Gasteiger charge is -2.11. The predicted molar refractivity (Wildman–Crippen MR) is 85.3 cm³/mol. The van der Waals surface area contributed by atoms with E-state index in [0.717, 1.165) is 23.4 Å². The van der Waals surface area contributed by atoms with Crippen molar-refractivity contribution < 1.29 is 4.79 Å². The second-order valence-corrected chi connectivity index (χ2v) is 5.35. The fraction of sp³-hybridized carbons (Fsp3) is 0.333. The summed E-state index contributed by atoms with van der Waals surface area (Å²) in [5, 5.41) is 11.9. The average molecular weight is 302 g/mol. The second-order valence-electron chi connectivity index (χ2n) is 4.58. The maximum absolute atomic E-state index is 11.8. The highest BCUT2D eigenvalue weighted by molar-refractivity contribution is 7.98. The van der Waals surface area contributed by atoms with Crippen LogP contribution in [0.3, 0.4) is 0 Å². The van der Waals surface area contributed by atoms with E-state index in [9.17, 15) is 4.79 Å². The molecule has 2 rings (SSSR count). The molecule has 0 atom stereocenters. The first kappa shape index (κ1) is 15.4. The fourth-order valence-electron chi connectivity index (χ4n) is 1.96. The molecule has 21 heavy (non-hydrogen) atoms. The third kappa shape index (κ3) is 3.78. The molecule has 2 aromatic rings. The quantitative estimate of drug-likeness (QED) is 0.858. The minimum atomic E-state index is 0.00394. The number of rotatable bonds is 5. The van der Waals surface area contributed by atoms with Crippen LogP contribution in [0.25, 0.3) is 11.3 Å². The normalized spacial score (nSPS) is 10.4. The van der Waals surface area contributed by atoms with Gasteiger partial charge in [-0.15, -0.1) is 10.2 Å². The van der Waals surface area contributed by atoms with Crippen molar-refractivity contribution in [3.63, 3.8) is 0 Å². The van der Waals surface area contributed by atoms with Crippen LogP contribution >= 0.6 is 11.8 Å². The number of aromatic nitrogens is 3. The van der Waals surface area contributed by atoms with Gasteiger partial charge < -0.3 is 5.32 Å². The minimum absolute atomic E-state index is 0.00394. The van der Waals surface area contributed by atoms with Gasteiger partial charge in [-0.2, -0.15) is 0 Å². The number of thioether (sulfide) groups is 1. The van der Waals surface area contributed by atoms with E-state index in [4.69, 9.17) is 0 Å². The van der Waals surface area contributed by atoms with Gasteiger partial charge in [-0.25, -0.2) is 4.98 Å². The summed E-state index contributed by atoms with van der Waals surface area (Å²) in [6.07, 6.45) is 3.23. The van der Waals surface area contributed by atoms with Crippen molar-refractivity contribution in [3.8, 4) is 11.3 Å². The summed E-state index contributed by atoms with van der Waals surface area (Å²) in [6.45, 7) is 3.88. The Bertz CT molecular complexity index is 645. The van der Waals surface area contributed by atoms with Gasteiger partial charge in [-0.05, 0) is 25.7 Å². The lowest BCUT2D eigenvalue weighted by molar-refractivity contribution is -0.116. The first-order valence-electron chi connectivity index (χ1n) is 6.80. The van der Waals surface area contributed by atoms with E-state index >= 15 is 0 Å². The Kier molecular flexibility index (Phi) is 5.27. The van der Waals surface area contributed by atoms with Gasteiger partial charge in [0.2, 0.25) is 11.1 Å². The van der Waals surface area contributed by atoms with Gasteiger partial charge in [0.25, 0.3) is 0 Å². The summed E-state index contributed by atoms with van der Waals surface area (Å²) in [5.41, 5.74) is 3.07. The lowest BCUT2D eigenvalue weighted by Crippen LogP contribution is -2.12. The van der Waals surface area contributed by atoms with Gasteiger partial charge in [0, 0.05) is 12.0 Å². The zero-order valence-electron chi connectivity index (χ0n) is 12.4. The number of carbonyl (C=O) groups excluding carboxylic acids is 1. The van der Waals surface area contributed by atoms with Crippen molar-refractivity contribution in [2.75, 3.05) is 11.6 Å². The molecule has 0 bridgehead atoms. The number of hydrogen-bond acceptors (Lipinski definition) is 5. The molecule has 5 nitrogen and oxygen atoms in total. The molecule has 0 saturated heterocycles. The fourth-order valence-corrected chi connectivity index (χ4v) is 2.31. The molecule has 1 aromatic carbocycles. The van der Waals surface area contributed by atoms with Crippen molar-refractivity contribution in [2.45, 2.75) is 31.8 Å². The molecule has 0 aliphatic rings. The number of hydrogen-bond donors (Lipinski definition) is 1. The topological polar surface area (TPSA) is 67.8 Å². The number of para-hydroxylation sites is 1. The van der Waals surface area contributed by atoms with E-state index in [1.807, 2.05) is 44.4 Å². The van der Waals surface area contributed by atoms with Crippen LogP contribution < -0.4 is 5.32 Å². The monoisotopic (exact) mass is 302 g/mol. The van der Waals surface area contributed by atoms with E-state index in [-0.39, 0.29) is 5.91 Å². The van der Waals surface area contributed by atoms with Crippen LogP contribution in [0.2, 0.25) is 0 Å². The molecule has 1 heterocycles. The summed E-state index contributed by atoms with van der Waals surface area (Å²) >= 11 is 1.45. The Balaban J connectivity index is 2.38. The predicted octanol–water partition coefficient (Wildman–Crippen LogP) is 3.31. The zero-order chi connectivity index (χ0) is 15.2. The van der Waals surface area contributed by atoms with E-state index in [0.29, 0.717) is 17.3 Å². The number of amides is 1. The SMILES string of the molecule is CCCC(=O)Nc1ccccc1-c1nnc(SC)nc1C. The van der Waals surface area contributed by atoms with Crippen molar-refractivity contribution in [1.82, 2.24) is 15.2 Å². The molecule has 110 valence electrons. The van der Waals surface area contributed by atoms with Crippen LogP contribution in [0.1, 0.15) is 25.5 Å². The van der Waals surface area contributed by atoms with Gasteiger partial charge >= 0.3 is 0 Å². The summed E-state index contributed by atoms with van der Waals surface area (Å²) in [5.74, 6) is 0.00394. The van der Waals surface area contributed by atoms with Crippen molar-refractivity contribution >= 4 is 23.4 Å². The molecule has 1 amide bonds. The van der Waals surface area contributed by atoms with Crippen molar-refractivity contribution in [1.29, 1.82) is 0 Å². The third-order valence-corrected chi connectivity index (χ3v) is 3.50. The molecule has 0 fully saturated rings. The largest absolute Gasteiger partial charge is 0.325 e. The summed E-state index contributed by atoms with van der Waals surface area (Å²) in [4.78, 5) is 16.2. The van der Waals surface area contributed by atoms with Gasteiger partial charge in [0.15, 0.2) is 0 Å². The van der Waals surface area contributed by atoms with Crippen LogP contribution in [0, 0.1) is 6.92 Å². The molecule has 0 unspecified atom stereocenters. The molecular weight excluding hydrogens is 284 g/mol. The molecule has 0 saturated carbocycles. The molecule has 1 aromatic heterocycles. The van der Waals surface area contributed by atoms with Crippen LogP contribution in [0.15, 0.2) is 29.4 Å². The highest BCUT2D eigenvalue weighted by Crippen LogP contribution is 2.28. The third-order valence-electron chi connectivity index (χ3n) is 2.96. The number of aryl methyl sites for hydroxylation is 1. The highest BCUT2D eigenvalue weighted by atomic mass is 32.2. The molecular formula is C15H18N4OS. The average Bonchev–Trinajstić information content (AvgIpc) is 2.48. The lowest BCUT2D eigenvalue weighted by atomic mass is 10.1. The number of anilines is 1. The van der Waals surface area contributed by atoms with Crippen LogP contribution in [-0.4, -0.2) is 27.3 Å². The van der Waals surface area contributed by atoms with E-state index in [2.05, 4.69) is 20.5 Å². The van der Waals surface area contributed by atoms with Crippen LogP contribution in [0.5, 0.6) is 0 Å². The molecule has 0 aliphatic carbocycles. The Morgan fingerprint density at radius 1 is 1.29 bits per heavy atom. The highest BCUT2D eigenvalue weighted by Gasteiger charge is 2.13. The van der Waals surface area contributed by atoms with Gasteiger partial charge in [0.05, 0.1) is 11.4 Å². The first-order chi connectivity index (χ1) is 10.2. The van der Waals surface area contributed by atoms with Gasteiger partial charge in [-0.3, -0.25) is 4.79 Å². The Hall–Kier alpha value is -1.95. The van der Waals surface area contributed by atoms with E-state index < -0.39 is 0 Å². The van der Waals surface area contributed by atoms with Gasteiger partial charge in [0.1, 0.15) is 5.69 Å². The molecule has 1 N–H and O–H groups in total. The van der Waals surface area contributed by atoms with E-state index in [1.54, 1.807) is 0 Å². The van der Waals surface area contributed by atoms with Crippen molar-refractivity contribution in [3.05, 3.63) is 30.0 Å². The number of carbonyl (C=O) groups is 1. The summed E-state index contributed by atoms with van der Waals surface area (Å²) in [6, 6.07) is 7.58. The maximum Gasteiger partial charge on any atom is 0.224 e. The molecule has 0 radical (unpaired) electrons. The smallest absolute Gasteiger partial charge is 0.224 e. The van der Waals surface area contributed by atoms with E-state index in [1.165, 1.54) is 11.8 Å². The van der Waals surface area contributed by atoms with Gasteiger partial charge in [-0.1, -0.05) is 36.9 Å². The van der Waals surface area contributed by atoms with Crippen molar-refractivity contribution in [2.24, 2.45) is 0 Å². The number of benzene rings is 1. The molecule has 0 spiro atoms. The second kappa shape index (κ2) is 7.17. The van der Waals surface area contributed by atoms with Crippen LogP contribution in [0.4, 0.5) is 5.69 Å². The number of nitrogens with one attached hydrogen (secondary N) is 1. The molecule has 6 heteroatoms. The molecule has 0 aliphatic heterocycles. The minimum Gasteiger partial charge on any atom is -0.325 e. The summed E-state index contributed by atoms with van der Waals surface area (Å²) < 4.78 is 0. The Morgan fingerprint density at radius 3 is 2.71 bits per heavy atom. The Morgan fingerprint density at radius 2 is 2.05 bits per heavy atom. The number of nitrogens with zero attached hydrogens (tertiary/aromatic N) is 3. The summed E-state index contributed by atoms with van der Waals surface area (Å²) in [7, 11) is 0. The van der Waals surface area contributed by atoms with Crippen LogP contribution in [-0.2, 0) is 4.79 Å². The standard InChI is InChI=1S/C15H18N4OS/c1-4-7-13(20)17-12-9-6-5-8-11(12)14-10(2)16-15(21-3)19-18-14/h5-6,8-9H,4,7H2,1-3H3,(H,17,20). The first-order valence-corrected chi connectivity index (χ1v) is 8.02.